The normalized spacial score (nSPS) is 58.5. The number of rotatable bonds is 8. The van der Waals surface area contributed by atoms with Crippen LogP contribution in [0.25, 0.3) is 0 Å². The molecular formula is C45H74O17. The van der Waals surface area contributed by atoms with E-state index in [-0.39, 0.29) is 65.3 Å². The summed E-state index contributed by atoms with van der Waals surface area (Å²) in [4.78, 5) is 0. The Bertz CT molecular complexity index is 1660. The van der Waals surface area contributed by atoms with Gasteiger partial charge in [0.15, 0.2) is 18.9 Å². The van der Waals surface area contributed by atoms with Gasteiger partial charge in [-0.05, 0) is 117 Å². The van der Waals surface area contributed by atoms with Gasteiger partial charge in [0, 0.05) is 5.92 Å². The van der Waals surface area contributed by atoms with Gasteiger partial charge in [-0.3, -0.25) is 0 Å². The van der Waals surface area contributed by atoms with Crippen LogP contribution in [0.1, 0.15) is 106 Å². The molecule has 5 aliphatic carbocycles. The largest absolute Gasteiger partial charge is 0.393 e. The molecule has 0 bridgehead atoms. The molecule has 0 aromatic carbocycles. The molecule has 0 aromatic heterocycles. The molecular weight excluding hydrogens is 812 g/mol. The van der Waals surface area contributed by atoms with Crippen molar-refractivity contribution in [3.05, 3.63) is 0 Å². The smallest absolute Gasteiger partial charge is 0.186 e. The fourth-order valence-corrected chi connectivity index (χ4v) is 15.8. The third-order valence-corrected chi connectivity index (χ3v) is 18.9. The van der Waals surface area contributed by atoms with E-state index in [1.54, 1.807) is 13.8 Å². The average Bonchev–Trinajstić information content (AvgIpc) is 3.56. The second-order valence-electron chi connectivity index (χ2n) is 23.0. The molecule has 9 aliphatic rings. The molecule has 4 heterocycles. The van der Waals surface area contributed by atoms with Crippen molar-refractivity contribution < 1.29 is 84.2 Å². The Morgan fingerprint density at radius 1 is 0.565 bits per heavy atom. The first-order chi connectivity index (χ1) is 28.8. The summed E-state index contributed by atoms with van der Waals surface area (Å²) >= 11 is 0. The number of ether oxygens (including phenoxy) is 7. The molecule has 0 amide bonds. The molecule has 9 rings (SSSR count). The Balaban J connectivity index is 1.03. The van der Waals surface area contributed by atoms with Crippen LogP contribution in [0.3, 0.4) is 0 Å². The van der Waals surface area contributed by atoms with Crippen LogP contribution >= 0.6 is 0 Å². The van der Waals surface area contributed by atoms with Crippen molar-refractivity contribution >= 4 is 0 Å². The summed E-state index contributed by atoms with van der Waals surface area (Å²) in [5, 5.41) is 109. The summed E-state index contributed by atoms with van der Waals surface area (Å²) in [6, 6.07) is 0. The van der Waals surface area contributed by atoms with E-state index in [2.05, 4.69) is 34.6 Å². The summed E-state index contributed by atoms with van der Waals surface area (Å²) < 4.78 is 44.0. The number of hydrogen-bond donors (Lipinski definition) is 10. The number of aliphatic hydroxyl groups is 10. The molecule has 17 heteroatoms. The SMILES string of the molecule is CC(C)(O)C1CC[C@](C)(C2C(O)C[C@@]3(C)C4C[C@H](OC5OCC(O)C(O)C5O)C5C(C)(C)C(OC6OCC(O)C(O)C6OC6OCC(O)C(O)C6O)CCC56CC46CCC23C)O1. The van der Waals surface area contributed by atoms with Crippen molar-refractivity contribution in [2.24, 2.45) is 44.8 Å². The summed E-state index contributed by atoms with van der Waals surface area (Å²) in [6.07, 6.45) is -12.2. The molecule has 356 valence electrons. The van der Waals surface area contributed by atoms with Crippen LogP contribution in [-0.2, 0) is 33.2 Å². The van der Waals surface area contributed by atoms with Crippen molar-refractivity contribution in [3.63, 3.8) is 0 Å². The minimum Gasteiger partial charge on any atom is -0.393 e. The van der Waals surface area contributed by atoms with E-state index < -0.39 is 109 Å². The maximum Gasteiger partial charge on any atom is 0.186 e. The number of aliphatic hydroxyl groups excluding tert-OH is 9. The summed E-state index contributed by atoms with van der Waals surface area (Å²) in [5.41, 5.74) is -3.33. The van der Waals surface area contributed by atoms with Crippen molar-refractivity contribution in [1.82, 2.24) is 0 Å². The fraction of sp³-hybridized carbons (Fsp3) is 1.00. The van der Waals surface area contributed by atoms with Crippen LogP contribution in [0.4, 0.5) is 0 Å². The van der Waals surface area contributed by atoms with Crippen molar-refractivity contribution in [1.29, 1.82) is 0 Å². The highest BCUT2D eigenvalue weighted by molar-refractivity contribution is 5.33. The quantitative estimate of drug-likeness (QED) is 0.142. The van der Waals surface area contributed by atoms with Crippen molar-refractivity contribution in [2.75, 3.05) is 19.8 Å². The third kappa shape index (κ3) is 6.72. The molecule has 17 nitrogen and oxygen atoms in total. The van der Waals surface area contributed by atoms with E-state index in [0.29, 0.717) is 25.7 Å². The molecule has 24 atom stereocenters. The minimum absolute atomic E-state index is 0.0927. The summed E-state index contributed by atoms with van der Waals surface area (Å²) in [5.74, 6) is -0.256. The van der Waals surface area contributed by atoms with E-state index in [9.17, 15) is 51.1 Å². The Labute approximate surface area is 363 Å². The van der Waals surface area contributed by atoms with E-state index in [1.165, 1.54) is 0 Å². The number of hydrogen-bond acceptors (Lipinski definition) is 17. The van der Waals surface area contributed by atoms with Crippen LogP contribution in [0.2, 0.25) is 0 Å². The highest BCUT2D eigenvalue weighted by Crippen LogP contribution is 2.89. The molecule has 2 spiro atoms. The first-order valence-corrected chi connectivity index (χ1v) is 23.2. The van der Waals surface area contributed by atoms with Gasteiger partial charge >= 0.3 is 0 Å². The Kier molecular flexibility index (Phi) is 11.5. The zero-order valence-corrected chi connectivity index (χ0v) is 37.3. The molecule has 4 saturated heterocycles. The lowest BCUT2D eigenvalue weighted by Crippen LogP contribution is -2.65. The lowest BCUT2D eigenvalue weighted by Gasteiger charge is -2.65. The molecule has 10 N–H and O–H groups in total. The van der Waals surface area contributed by atoms with Crippen LogP contribution in [-0.4, -0.2) is 180 Å². The van der Waals surface area contributed by atoms with E-state index in [1.807, 2.05) is 0 Å². The molecule has 5 saturated carbocycles. The zero-order valence-electron chi connectivity index (χ0n) is 37.3. The molecule has 62 heavy (non-hydrogen) atoms. The molecule has 9 fully saturated rings. The standard InChI is InChI=1S/C45H74O17/c1-39(2)26(60-38-33(30(52)23(49)18-58-38)61-37-32(54)29(51)22(48)17-57-37)9-11-45-19-44(45)13-12-41(5)34(43(7)10-8-27(62-43)40(3,4)55)20(46)15-42(41,6)25(44)14-24(35(39)45)59-36-31(53)28(50)21(47)16-56-36/h20-38,46-55H,8-19H2,1-7H3/t20?,21?,22?,23?,24-,25?,26?,27?,28?,29?,30?,31?,32?,33?,34?,35?,36?,37?,38?,41?,42-,43+,44?,45?/m0/s1. The first-order valence-electron chi connectivity index (χ1n) is 23.2. The predicted octanol–water partition coefficient (Wildman–Crippen LogP) is -0.173. The van der Waals surface area contributed by atoms with Gasteiger partial charge in [0.1, 0.15) is 54.9 Å². The molecule has 0 aromatic rings. The fourth-order valence-electron chi connectivity index (χ4n) is 15.8. The molecule has 21 unspecified atom stereocenters. The lowest BCUT2D eigenvalue weighted by atomic mass is 9.41. The monoisotopic (exact) mass is 886 g/mol. The van der Waals surface area contributed by atoms with Gasteiger partial charge in [-0.15, -0.1) is 0 Å². The maximum atomic E-state index is 12.3. The summed E-state index contributed by atoms with van der Waals surface area (Å²) in [6.45, 7) is 13.8. The number of fused-ring (bicyclic) bond motifs is 2. The predicted molar refractivity (Wildman–Crippen MR) is 214 cm³/mol. The van der Waals surface area contributed by atoms with Crippen LogP contribution in [0.15, 0.2) is 0 Å². The first kappa shape index (κ1) is 46.4. The molecule has 0 radical (unpaired) electrons. The zero-order chi connectivity index (χ0) is 44.9. The average molecular weight is 887 g/mol. The lowest BCUT2D eigenvalue weighted by molar-refractivity contribution is -0.359. The molecule has 4 aliphatic heterocycles. The van der Waals surface area contributed by atoms with Gasteiger partial charge in [-0.25, -0.2) is 0 Å². The van der Waals surface area contributed by atoms with Gasteiger partial charge in [-0.1, -0.05) is 27.7 Å². The van der Waals surface area contributed by atoms with Crippen LogP contribution in [0, 0.1) is 44.8 Å². The van der Waals surface area contributed by atoms with Crippen molar-refractivity contribution in [2.45, 2.75) is 216 Å². The van der Waals surface area contributed by atoms with Crippen molar-refractivity contribution in [3.8, 4) is 0 Å². The maximum absolute atomic E-state index is 12.3. The minimum atomic E-state index is -1.65. The summed E-state index contributed by atoms with van der Waals surface area (Å²) in [7, 11) is 0. The van der Waals surface area contributed by atoms with Gasteiger partial charge in [0.25, 0.3) is 0 Å². The van der Waals surface area contributed by atoms with Gasteiger partial charge in [0.05, 0.1) is 55.4 Å². The second-order valence-corrected chi connectivity index (χ2v) is 23.0. The van der Waals surface area contributed by atoms with Gasteiger partial charge in [-0.2, -0.15) is 0 Å². The highest BCUT2D eigenvalue weighted by atomic mass is 16.8. The topological polar surface area (TPSA) is 267 Å². The highest BCUT2D eigenvalue weighted by Gasteiger charge is 2.85. The van der Waals surface area contributed by atoms with E-state index in [0.717, 1.165) is 32.1 Å². The third-order valence-electron chi connectivity index (χ3n) is 18.9. The Morgan fingerprint density at radius 3 is 1.74 bits per heavy atom. The van der Waals surface area contributed by atoms with Crippen LogP contribution in [0.5, 0.6) is 0 Å². The van der Waals surface area contributed by atoms with Crippen LogP contribution < -0.4 is 0 Å². The van der Waals surface area contributed by atoms with E-state index in [4.69, 9.17) is 33.2 Å². The Morgan fingerprint density at radius 2 is 1.15 bits per heavy atom. The van der Waals surface area contributed by atoms with Gasteiger partial charge < -0.3 is 84.2 Å². The Hall–Kier alpha value is -0.680. The van der Waals surface area contributed by atoms with Gasteiger partial charge in [0.2, 0.25) is 0 Å². The van der Waals surface area contributed by atoms with E-state index >= 15 is 0 Å². The second kappa shape index (κ2) is 15.4.